The number of hydrogen-bond donors (Lipinski definition) is 3. The Morgan fingerprint density at radius 2 is 1.78 bits per heavy atom. The Labute approximate surface area is 106 Å². The first kappa shape index (κ1) is 14.4. The number of amides is 3. The lowest BCUT2D eigenvalue weighted by atomic mass is 9.93. The van der Waals surface area contributed by atoms with Gasteiger partial charge in [-0.25, -0.2) is 0 Å². The van der Waals surface area contributed by atoms with Crippen LogP contribution in [-0.4, -0.2) is 48.3 Å². The van der Waals surface area contributed by atoms with Crippen LogP contribution in [0.1, 0.15) is 19.8 Å². The molecule has 5 N–H and O–H groups in total. The fourth-order valence-electron chi connectivity index (χ4n) is 2.10. The molecule has 1 heterocycles. The summed E-state index contributed by atoms with van der Waals surface area (Å²) in [6.45, 7) is 2.24. The van der Waals surface area contributed by atoms with Gasteiger partial charge in [0.15, 0.2) is 0 Å². The molecule has 1 rings (SSSR count). The summed E-state index contributed by atoms with van der Waals surface area (Å²) >= 11 is 0. The number of nitrogens with zero attached hydrogens (tertiary/aromatic N) is 1. The molecule has 2 atom stereocenters. The Morgan fingerprint density at radius 3 is 2.22 bits per heavy atom. The molecular weight excluding hydrogens is 236 g/mol. The summed E-state index contributed by atoms with van der Waals surface area (Å²) in [7, 11) is 0. The molecular formula is C11H20N4O3. The summed E-state index contributed by atoms with van der Waals surface area (Å²) in [6, 6.07) is -0.368. The molecule has 1 saturated heterocycles. The standard InChI is InChI=1S/C11H20N4O3/c1-7-2-3-14-8(4-7)11(18)15(5-9(12)16)6-10(13)17/h7-8,14H,2-6H2,1H3,(H2,12,16)(H2,13,17). The second-order valence-corrected chi connectivity index (χ2v) is 4.76. The molecule has 0 aliphatic carbocycles. The molecule has 0 aromatic rings. The smallest absolute Gasteiger partial charge is 0.240 e. The predicted octanol–water partition coefficient (Wildman–Crippen LogP) is -1.83. The van der Waals surface area contributed by atoms with E-state index in [1.165, 1.54) is 0 Å². The van der Waals surface area contributed by atoms with E-state index < -0.39 is 11.8 Å². The Morgan fingerprint density at radius 1 is 1.22 bits per heavy atom. The van der Waals surface area contributed by atoms with Crippen molar-refractivity contribution in [1.82, 2.24) is 10.2 Å². The van der Waals surface area contributed by atoms with Crippen LogP contribution in [0, 0.1) is 5.92 Å². The Bertz CT molecular complexity index is 329. The zero-order valence-electron chi connectivity index (χ0n) is 10.5. The second-order valence-electron chi connectivity index (χ2n) is 4.76. The van der Waals surface area contributed by atoms with E-state index in [-0.39, 0.29) is 25.0 Å². The first-order valence-corrected chi connectivity index (χ1v) is 5.99. The number of rotatable bonds is 5. The zero-order valence-corrected chi connectivity index (χ0v) is 10.5. The molecule has 102 valence electrons. The highest BCUT2D eigenvalue weighted by molar-refractivity contribution is 5.90. The molecule has 1 aliphatic rings. The number of hydrogen-bond acceptors (Lipinski definition) is 4. The van der Waals surface area contributed by atoms with Crippen LogP contribution in [0.15, 0.2) is 0 Å². The van der Waals surface area contributed by atoms with Crippen LogP contribution < -0.4 is 16.8 Å². The lowest BCUT2D eigenvalue weighted by Gasteiger charge is -2.31. The van der Waals surface area contributed by atoms with Crippen molar-refractivity contribution in [3.63, 3.8) is 0 Å². The van der Waals surface area contributed by atoms with Crippen molar-refractivity contribution in [3.8, 4) is 0 Å². The van der Waals surface area contributed by atoms with Crippen LogP contribution in [0.3, 0.4) is 0 Å². The van der Waals surface area contributed by atoms with E-state index in [2.05, 4.69) is 12.2 Å². The van der Waals surface area contributed by atoms with E-state index in [9.17, 15) is 14.4 Å². The lowest BCUT2D eigenvalue weighted by molar-refractivity contribution is -0.140. The van der Waals surface area contributed by atoms with Gasteiger partial charge in [-0.2, -0.15) is 0 Å². The van der Waals surface area contributed by atoms with Crippen LogP contribution >= 0.6 is 0 Å². The van der Waals surface area contributed by atoms with E-state index in [1.807, 2.05) is 0 Å². The number of nitrogens with two attached hydrogens (primary N) is 2. The molecule has 18 heavy (non-hydrogen) atoms. The van der Waals surface area contributed by atoms with Crippen molar-refractivity contribution in [3.05, 3.63) is 0 Å². The topological polar surface area (TPSA) is 119 Å². The Kier molecular flexibility index (Phi) is 5.08. The van der Waals surface area contributed by atoms with Crippen molar-refractivity contribution in [1.29, 1.82) is 0 Å². The number of piperidine rings is 1. The van der Waals surface area contributed by atoms with Crippen molar-refractivity contribution in [2.24, 2.45) is 17.4 Å². The first-order valence-electron chi connectivity index (χ1n) is 5.99. The van der Waals surface area contributed by atoms with E-state index in [0.717, 1.165) is 17.9 Å². The molecule has 0 aromatic heterocycles. The third-order valence-corrected chi connectivity index (χ3v) is 2.97. The van der Waals surface area contributed by atoms with Crippen LogP contribution in [0.4, 0.5) is 0 Å². The van der Waals surface area contributed by atoms with Gasteiger partial charge in [0.2, 0.25) is 17.7 Å². The monoisotopic (exact) mass is 256 g/mol. The molecule has 1 fully saturated rings. The molecule has 0 bridgehead atoms. The fraction of sp³-hybridized carbons (Fsp3) is 0.727. The van der Waals surface area contributed by atoms with Gasteiger partial charge in [-0.3, -0.25) is 14.4 Å². The number of carbonyl (C=O) groups excluding carboxylic acids is 3. The molecule has 1 aliphatic heterocycles. The van der Waals surface area contributed by atoms with Gasteiger partial charge in [0.25, 0.3) is 0 Å². The molecule has 0 spiro atoms. The van der Waals surface area contributed by atoms with Crippen LogP contribution in [0.25, 0.3) is 0 Å². The average Bonchev–Trinajstić information content (AvgIpc) is 2.26. The van der Waals surface area contributed by atoms with Crippen LogP contribution in [-0.2, 0) is 14.4 Å². The third kappa shape index (κ3) is 4.33. The third-order valence-electron chi connectivity index (χ3n) is 2.97. The van der Waals surface area contributed by atoms with E-state index in [4.69, 9.17) is 11.5 Å². The summed E-state index contributed by atoms with van der Waals surface area (Å²) in [5.41, 5.74) is 10.1. The van der Waals surface area contributed by atoms with Gasteiger partial charge in [0.1, 0.15) is 0 Å². The van der Waals surface area contributed by atoms with Gasteiger partial charge in [-0.05, 0) is 25.3 Å². The minimum atomic E-state index is -0.659. The average molecular weight is 256 g/mol. The predicted molar refractivity (Wildman–Crippen MR) is 65.2 cm³/mol. The maximum absolute atomic E-state index is 12.2. The van der Waals surface area contributed by atoms with Crippen molar-refractivity contribution in [2.75, 3.05) is 19.6 Å². The zero-order chi connectivity index (χ0) is 13.7. The molecule has 7 heteroatoms. The van der Waals surface area contributed by atoms with E-state index in [1.54, 1.807) is 0 Å². The second kappa shape index (κ2) is 6.34. The molecule has 2 unspecified atom stereocenters. The van der Waals surface area contributed by atoms with E-state index >= 15 is 0 Å². The van der Waals surface area contributed by atoms with Crippen LogP contribution in [0.2, 0.25) is 0 Å². The fourth-order valence-corrected chi connectivity index (χ4v) is 2.10. The van der Waals surface area contributed by atoms with Crippen molar-refractivity contribution >= 4 is 17.7 Å². The minimum Gasteiger partial charge on any atom is -0.368 e. The molecule has 3 amide bonds. The van der Waals surface area contributed by atoms with Gasteiger partial charge in [0, 0.05) is 0 Å². The Hall–Kier alpha value is -1.63. The van der Waals surface area contributed by atoms with Gasteiger partial charge in [-0.1, -0.05) is 6.92 Å². The molecule has 0 saturated carbocycles. The van der Waals surface area contributed by atoms with Gasteiger partial charge in [0.05, 0.1) is 19.1 Å². The van der Waals surface area contributed by atoms with Gasteiger partial charge >= 0.3 is 0 Å². The summed E-state index contributed by atoms with van der Waals surface area (Å²) in [6.07, 6.45) is 1.70. The maximum Gasteiger partial charge on any atom is 0.240 e. The number of primary amides is 2. The van der Waals surface area contributed by atoms with Crippen LogP contribution in [0.5, 0.6) is 0 Å². The summed E-state index contributed by atoms with van der Waals surface area (Å²) in [4.78, 5) is 35.1. The van der Waals surface area contributed by atoms with Crippen molar-refractivity contribution in [2.45, 2.75) is 25.8 Å². The Balaban J connectivity index is 2.67. The SMILES string of the molecule is CC1CCNC(C(=O)N(CC(N)=O)CC(N)=O)C1. The lowest BCUT2D eigenvalue weighted by Crippen LogP contribution is -2.53. The number of nitrogens with one attached hydrogen (secondary N) is 1. The summed E-state index contributed by atoms with van der Waals surface area (Å²) in [5.74, 6) is -1.18. The normalized spacial score (nSPS) is 23.4. The van der Waals surface area contributed by atoms with Gasteiger partial charge < -0.3 is 21.7 Å². The van der Waals surface area contributed by atoms with E-state index in [0.29, 0.717) is 12.3 Å². The quantitative estimate of drug-likeness (QED) is 0.536. The molecule has 0 radical (unpaired) electrons. The maximum atomic E-state index is 12.2. The van der Waals surface area contributed by atoms with Crippen molar-refractivity contribution < 1.29 is 14.4 Å². The van der Waals surface area contributed by atoms with Gasteiger partial charge in [-0.15, -0.1) is 0 Å². The highest BCUT2D eigenvalue weighted by Gasteiger charge is 2.29. The highest BCUT2D eigenvalue weighted by Crippen LogP contribution is 2.16. The summed E-state index contributed by atoms with van der Waals surface area (Å²) < 4.78 is 0. The highest BCUT2D eigenvalue weighted by atomic mass is 16.2. The summed E-state index contributed by atoms with van der Waals surface area (Å²) in [5, 5.41) is 3.08. The number of carbonyl (C=O) groups is 3. The molecule has 0 aromatic carbocycles. The largest absolute Gasteiger partial charge is 0.368 e. The minimum absolute atomic E-state index is 0.283. The molecule has 7 nitrogen and oxygen atoms in total. The first-order chi connectivity index (χ1) is 8.40.